The lowest BCUT2D eigenvalue weighted by Gasteiger charge is -2.09. The van der Waals surface area contributed by atoms with E-state index in [0.717, 1.165) is 45.6 Å². The van der Waals surface area contributed by atoms with Crippen molar-refractivity contribution in [3.05, 3.63) is 0 Å². The number of hydrogen-bond donors (Lipinski definition) is 3. The highest BCUT2D eigenvalue weighted by Crippen LogP contribution is 2.41. The molecule has 0 bridgehead atoms. The first-order chi connectivity index (χ1) is 11.4. The molecule has 142 valence electrons. The van der Waals surface area contributed by atoms with Gasteiger partial charge < -0.3 is 15.5 Å². The van der Waals surface area contributed by atoms with Crippen molar-refractivity contribution in [1.82, 2.24) is 10.6 Å². The Kier molecular flexibility index (Phi) is 13.8. The van der Waals surface area contributed by atoms with Crippen LogP contribution in [0.1, 0.15) is 58.3 Å². The highest BCUT2D eigenvalue weighted by atomic mass is 31.2. The average molecular weight is 366 g/mol. The standard InChI is InChI=1S/C15H31N2O6P/c1-14(18)16-11-8-5-6-10-15(19)17-12-7-3-4-9-13-23-24(20,21)22-2/h3-13H2,1-2H3,(H,16,18)(H,17,19)(H,20,21). The molecule has 0 spiro atoms. The summed E-state index contributed by atoms with van der Waals surface area (Å²) < 4.78 is 20.0. The number of rotatable bonds is 15. The van der Waals surface area contributed by atoms with Crippen LogP contribution in [0.4, 0.5) is 0 Å². The molecule has 0 rings (SSSR count). The molecule has 0 saturated carbocycles. The van der Waals surface area contributed by atoms with E-state index in [1.54, 1.807) is 0 Å². The van der Waals surface area contributed by atoms with Crippen molar-refractivity contribution in [3.63, 3.8) is 0 Å². The van der Waals surface area contributed by atoms with Gasteiger partial charge in [-0.15, -0.1) is 0 Å². The average Bonchev–Trinajstić information content (AvgIpc) is 2.53. The van der Waals surface area contributed by atoms with E-state index in [4.69, 9.17) is 9.42 Å². The summed E-state index contributed by atoms with van der Waals surface area (Å²) in [5.74, 6) is 0.0301. The lowest BCUT2D eigenvalue weighted by molar-refractivity contribution is -0.121. The van der Waals surface area contributed by atoms with Crippen LogP contribution in [-0.2, 0) is 23.2 Å². The SMILES string of the molecule is COP(=O)(O)OCCCCCCNC(=O)CCCCCNC(C)=O. The van der Waals surface area contributed by atoms with Crippen LogP contribution in [-0.4, -0.2) is 43.5 Å². The third kappa shape index (κ3) is 15.9. The quantitative estimate of drug-likeness (QED) is 0.302. The Morgan fingerprint density at radius 3 is 2.17 bits per heavy atom. The summed E-state index contributed by atoms with van der Waals surface area (Å²) in [6, 6.07) is 0. The van der Waals surface area contributed by atoms with Gasteiger partial charge in [-0.3, -0.25) is 18.6 Å². The fraction of sp³-hybridized carbons (Fsp3) is 0.867. The summed E-state index contributed by atoms with van der Waals surface area (Å²) in [4.78, 5) is 31.3. The number of nitrogens with one attached hydrogen (secondary N) is 2. The van der Waals surface area contributed by atoms with Gasteiger partial charge in [-0.25, -0.2) is 4.57 Å². The van der Waals surface area contributed by atoms with Crippen LogP contribution in [0.2, 0.25) is 0 Å². The Bertz CT molecular complexity index is 405. The second-order valence-corrected chi connectivity index (χ2v) is 7.10. The maximum Gasteiger partial charge on any atom is 0.471 e. The van der Waals surface area contributed by atoms with Crippen molar-refractivity contribution in [3.8, 4) is 0 Å². The first kappa shape index (κ1) is 23.1. The van der Waals surface area contributed by atoms with E-state index in [9.17, 15) is 14.2 Å². The molecule has 9 heteroatoms. The van der Waals surface area contributed by atoms with Crippen molar-refractivity contribution in [2.45, 2.75) is 58.3 Å². The molecule has 0 aromatic rings. The van der Waals surface area contributed by atoms with Crippen molar-refractivity contribution in [2.75, 3.05) is 26.8 Å². The molecule has 0 aromatic carbocycles. The van der Waals surface area contributed by atoms with Crippen LogP contribution in [0.15, 0.2) is 0 Å². The number of phosphoric acid groups is 1. The number of carbonyl (C=O) groups is 2. The molecule has 24 heavy (non-hydrogen) atoms. The molecule has 1 atom stereocenters. The van der Waals surface area contributed by atoms with Crippen LogP contribution in [0.25, 0.3) is 0 Å². The van der Waals surface area contributed by atoms with E-state index in [0.29, 0.717) is 25.9 Å². The molecule has 0 aromatic heterocycles. The van der Waals surface area contributed by atoms with Crippen LogP contribution < -0.4 is 10.6 Å². The summed E-state index contributed by atoms with van der Waals surface area (Å²) in [5.41, 5.74) is 0. The van der Waals surface area contributed by atoms with E-state index < -0.39 is 7.82 Å². The molecular weight excluding hydrogens is 335 g/mol. The summed E-state index contributed by atoms with van der Waals surface area (Å²) in [6.45, 7) is 2.98. The van der Waals surface area contributed by atoms with Crippen LogP contribution in [0, 0.1) is 0 Å². The van der Waals surface area contributed by atoms with E-state index in [2.05, 4.69) is 15.2 Å². The topological polar surface area (TPSA) is 114 Å². The third-order valence-electron chi connectivity index (χ3n) is 3.33. The second kappa shape index (κ2) is 14.4. The fourth-order valence-electron chi connectivity index (χ4n) is 1.98. The van der Waals surface area contributed by atoms with Crippen molar-refractivity contribution in [1.29, 1.82) is 0 Å². The maximum atomic E-state index is 11.6. The highest BCUT2D eigenvalue weighted by molar-refractivity contribution is 7.47. The lowest BCUT2D eigenvalue weighted by atomic mass is 10.1. The van der Waals surface area contributed by atoms with Gasteiger partial charge in [-0.1, -0.05) is 19.3 Å². The number of unbranched alkanes of at least 4 members (excludes halogenated alkanes) is 5. The number of hydrogen-bond acceptors (Lipinski definition) is 5. The first-order valence-corrected chi connectivity index (χ1v) is 9.91. The minimum absolute atomic E-state index is 0.0247. The normalized spacial score (nSPS) is 13.3. The predicted octanol–water partition coefficient (Wildman–Crippen LogP) is 2.12. The smallest absolute Gasteiger partial charge is 0.356 e. The van der Waals surface area contributed by atoms with E-state index in [-0.39, 0.29) is 18.4 Å². The van der Waals surface area contributed by atoms with Gasteiger partial charge in [0.15, 0.2) is 0 Å². The third-order valence-corrected chi connectivity index (χ3v) is 4.30. The van der Waals surface area contributed by atoms with Crippen LogP contribution in [0.5, 0.6) is 0 Å². The van der Waals surface area contributed by atoms with E-state index >= 15 is 0 Å². The molecule has 1 unspecified atom stereocenters. The first-order valence-electron chi connectivity index (χ1n) is 8.41. The molecular formula is C15H31N2O6P. The number of amides is 2. The zero-order chi connectivity index (χ0) is 18.3. The molecule has 2 amide bonds. The monoisotopic (exact) mass is 366 g/mol. The molecule has 8 nitrogen and oxygen atoms in total. The van der Waals surface area contributed by atoms with Gasteiger partial charge in [0.05, 0.1) is 6.61 Å². The second-order valence-electron chi connectivity index (χ2n) is 5.54. The van der Waals surface area contributed by atoms with Gasteiger partial charge >= 0.3 is 7.82 Å². The van der Waals surface area contributed by atoms with Crippen molar-refractivity contribution < 1.29 is 28.1 Å². The molecule has 0 aliphatic heterocycles. The zero-order valence-corrected chi connectivity index (χ0v) is 15.6. The molecule has 0 heterocycles. The Balaban J connectivity index is 3.32. The molecule has 0 fully saturated rings. The van der Waals surface area contributed by atoms with Gasteiger partial charge in [0.1, 0.15) is 0 Å². The Morgan fingerprint density at radius 1 is 0.958 bits per heavy atom. The summed E-state index contributed by atoms with van der Waals surface area (Å²) in [7, 11) is -2.72. The Hall–Kier alpha value is -0.950. The molecule has 0 saturated heterocycles. The van der Waals surface area contributed by atoms with Crippen LogP contribution in [0.3, 0.4) is 0 Å². The number of carbonyl (C=O) groups excluding carboxylic acids is 2. The van der Waals surface area contributed by atoms with Gasteiger partial charge in [-0.2, -0.15) is 0 Å². The highest BCUT2D eigenvalue weighted by Gasteiger charge is 2.17. The molecule has 0 aliphatic rings. The summed E-state index contributed by atoms with van der Waals surface area (Å²) in [6.07, 6.45) is 6.47. The fourth-order valence-corrected chi connectivity index (χ4v) is 2.45. The van der Waals surface area contributed by atoms with Crippen molar-refractivity contribution in [2.24, 2.45) is 0 Å². The minimum atomic E-state index is -3.85. The van der Waals surface area contributed by atoms with Gasteiger partial charge in [-0.05, 0) is 25.7 Å². The maximum absolute atomic E-state index is 11.6. The van der Waals surface area contributed by atoms with E-state index in [1.165, 1.54) is 6.92 Å². The predicted molar refractivity (Wildman–Crippen MR) is 91.4 cm³/mol. The zero-order valence-electron chi connectivity index (χ0n) is 14.7. The molecule has 3 N–H and O–H groups in total. The number of phosphoric ester groups is 1. The Morgan fingerprint density at radius 2 is 1.54 bits per heavy atom. The van der Waals surface area contributed by atoms with E-state index in [1.807, 2.05) is 0 Å². The molecule has 0 aliphatic carbocycles. The lowest BCUT2D eigenvalue weighted by Crippen LogP contribution is -2.24. The molecule has 0 radical (unpaired) electrons. The van der Waals surface area contributed by atoms with Gasteiger partial charge in [0.2, 0.25) is 11.8 Å². The Labute approximate surface area is 144 Å². The van der Waals surface area contributed by atoms with Crippen LogP contribution >= 0.6 is 7.82 Å². The summed E-state index contributed by atoms with van der Waals surface area (Å²) >= 11 is 0. The van der Waals surface area contributed by atoms with Gasteiger partial charge in [0.25, 0.3) is 0 Å². The minimum Gasteiger partial charge on any atom is -0.356 e. The summed E-state index contributed by atoms with van der Waals surface area (Å²) in [5, 5.41) is 5.59. The van der Waals surface area contributed by atoms with Gasteiger partial charge in [0, 0.05) is 33.5 Å². The van der Waals surface area contributed by atoms with Crippen molar-refractivity contribution >= 4 is 19.6 Å². The largest absolute Gasteiger partial charge is 0.471 e.